The minimum atomic E-state index is -4.57. The number of aliphatic hydroxyl groups is 1. The Kier molecular flexibility index (Phi) is 33.0. The number of imidazole rings is 4. The molecule has 0 saturated carbocycles. The molecule has 0 amide bonds. The van der Waals surface area contributed by atoms with Gasteiger partial charge in [-0.3, -0.25) is 41.4 Å². The number of fused-ring (bicyclic) bond motifs is 6. The van der Waals surface area contributed by atoms with E-state index in [2.05, 4.69) is 119 Å². The van der Waals surface area contributed by atoms with Crippen LogP contribution in [0.15, 0.2) is 141 Å². The number of rotatable bonds is 14. The first-order chi connectivity index (χ1) is 62.0. The summed E-state index contributed by atoms with van der Waals surface area (Å²) < 4.78 is 174. The number of hydrogen-bond donors (Lipinski definition) is 2. The van der Waals surface area contributed by atoms with Crippen LogP contribution in [0.3, 0.4) is 0 Å². The number of halogens is 11. The van der Waals surface area contributed by atoms with Gasteiger partial charge < -0.3 is 24.3 Å². The zero-order valence-electron chi connectivity index (χ0n) is 77.2. The molecule has 135 heavy (non-hydrogen) atoms. The molecule has 0 fully saturated rings. The first-order valence-corrected chi connectivity index (χ1v) is 45.2. The van der Waals surface area contributed by atoms with Crippen LogP contribution in [0.25, 0.3) is 89.7 Å². The second-order valence-electron chi connectivity index (χ2n) is 37.1. The molecule has 0 radical (unpaired) electrons. The van der Waals surface area contributed by atoms with E-state index in [4.69, 9.17) is 4.74 Å². The lowest BCUT2D eigenvalue weighted by Crippen LogP contribution is -2.35. The van der Waals surface area contributed by atoms with Crippen LogP contribution in [-0.2, 0) is 126 Å². The van der Waals surface area contributed by atoms with E-state index >= 15 is 4.39 Å². The van der Waals surface area contributed by atoms with Gasteiger partial charge >= 0.3 is 41.1 Å². The lowest BCUT2D eigenvalue weighted by atomic mass is 9.97. The van der Waals surface area contributed by atoms with Gasteiger partial charge in [0.05, 0.1) is 83.0 Å². The molecule has 0 aliphatic carbocycles. The van der Waals surface area contributed by atoms with Crippen LogP contribution in [0, 0.1) is 44.9 Å². The van der Waals surface area contributed by atoms with Gasteiger partial charge in [-0.05, 0) is 119 Å². The fourth-order valence-corrected chi connectivity index (χ4v) is 15.2. The molecule has 16 rings (SSSR count). The summed E-state index contributed by atoms with van der Waals surface area (Å²) >= 11 is 0. The number of nitrogens with one attached hydrogen (secondary N) is 1. The summed E-state index contributed by atoms with van der Waals surface area (Å²) in [6.45, 7) is 32.2. The van der Waals surface area contributed by atoms with E-state index in [1.165, 1.54) is 30.4 Å². The lowest BCUT2D eigenvalue weighted by molar-refractivity contribution is -0.148. The van der Waals surface area contributed by atoms with Crippen LogP contribution in [0.2, 0.25) is 0 Å². The Labute approximate surface area is 778 Å². The van der Waals surface area contributed by atoms with E-state index in [1.807, 2.05) is 44.7 Å². The van der Waals surface area contributed by atoms with E-state index in [9.17, 15) is 77.0 Å². The lowest BCUT2D eigenvalue weighted by Gasteiger charge is -2.28. The second-order valence-corrected chi connectivity index (χ2v) is 40.1. The maximum absolute atomic E-state index is 15.7. The highest BCUT2D eigenvalue weighted by atomic mass is 35.7. The maximum atomic E-state index is 15.7. The molecule has 41 heteroatoms. The monoisotopic (exact) mass is 1920 g/mol. The molecule has 2 N–H and O–H groups in total. The summed E-state index contributed by atoms with van der Waals surface area (Å²) in [6, 6.07) is 33.8. The number of esters is 1. The highest BCUT2D eigenvalue weighted by Gasteiger charge is 2.41. The van der Waals surface area contributed by atoms with Crippen molar-refractivity contribution in [1.29, 1.82) is 0 Å². The molecular formula is C94H115ClF10N20O9S. The molecule has 2 aliphatic heterocycles. The van der Waals surface area contributed by atoms with E-state index in [1.54, 1.807) is 150 Å². The predicted molar refractivity (Wildman–Crippen MR) is 501 cm³/mol. The molecule has 0 saturated heterocycles. The Hall–Kier alpha value is -12.3. The summed E-state index contributed by atoms with van der Waals surface area (Å²) in [7, 11) is 7.97. The molecule has 12 heterocycles. The first kappa shape index (κ1) is 106. The van der Waals surface area contributed by atoms with Crippen LogP contribution >= 0.6 is 10.7 Å². The quantitative estimate of drug-likeness (QED) is 0.0580. The van der Waals surface area contributed by atoms with Crippen molar-refractivity contribution in [1.82, 2.24) is 96.2 Å². The van der Waals surface area contributed by atoms with Gasteiger partial charge in [0.1, 0.15) is 34.9 Å². The summed E-state index contributed by atoms with van der Waals surface area (Å²) in [5.74, 6) is -3.96. The fraction of sp³-hybridized carbons (Fsp3) is 0.436. The molecule has 2 aliphatic rings. The Balaban J connectivity index is 0.000000191. The zero-order chi connectivity index (χ0) is 98.0. The highest BCUT2D eigenvalue weighted by Crippen LogP contribution is 2.36. The molecule has 0 bridgehead atoms. The van der Waals surface area contributed by atoms with Crippen molar-refractivity contribution in [2.75, 3.05) is 26.0 Å². The van der Waals surface area contributed by atoms with E-state index < -0.39 is 56.5 Å². The molecule has 0 atom stereocenters. The van der Waals surface area contributed by atoms with Crippen molar-refractivity contribution in [3.05, 3.63) is 232 Å². The highest BCUT2D eigenvalue weighted by molar-refractivity contribution is 8.13. The SMILES string of the molecule is C.C.CCOC(=O)c1cccc(-c2ccc3c(n2)n(C)c(=O)n3CC(C)(C)C)c1F.CCc1cccc(-c2ccc3c(n2)n(C)c(=O)n3CC(C)(C)C)c1F.CS(=O)(=O)Cl.Cn1c(=O)n(CC(C)(C)C)c2ccc(-c3cccc(CN4CCn5c(nnc5C(F)(F)F)C4)c3F)nc21.Cn1c(=O)n(CC(C)(C)C)c2ccc(-c3cccc(CO)c3F)nc21.FC(F)(F)c1nnc2n1CCNC2. The number of ether oxygens (including phenoxy) is 1. The zero-order valence-corrected chi connectivity index (χ0v) is 78.8. The van der Waals surface area contributed by atoms with Gasteiger partial charge in [-0.1, -0.05) is 147 Å². The van der Waals surface area contributed by atoms with E-state index in [0.717, 1.165) is 26.4 Å². The van der Waals surface area contributed by atoms with Gasteiger partial charge in [-0.15, -0.1) is 20.4 Å². The summed E-state index contributed by atoms with van der Waals surface area (Å²) in [6.07, 6.45) is -7.42. The van der Waals surface area contributed by atoms with Crippen molar-refractivity contribution in [3.8, 4) is 45.0 Å². The number of aliphatic hydroxyl groups excluding tert-OH is 1. The maximum Gasteiger partial charge on any atom is 0.451 e. The number of carbonyl (C=O) groups excluding carboxylic acids is 1. The number of alkyl halides is 6. The first-order valence-electron chi connectivity index (χ1n) is 42.5. The summed E-state index contributed by atoms with van der Waals surface area (Å²) in [4.78, 5) is 82.7. The minimum Gasteiger partial charge on any atom is -0.462 e. The van der Waals surface area contributed by atoms with Gasteiger partial charge in [0.25, 0.3) is 0 Å². The van der Waals surface area contributed by atoms with Gasteiger partial charge in [-0.2, -0.15) is 26.3 Å². The van der Waals surface area contributed by atoms with Crippen molar-refractivity contribution in [2.45, 2.75) is 196 Å². The standard InChI is InChI=1S/C25H27F4N7O.C21H24FN3O3.C20H24FN3O.C19H22FN3O2.C6H7F3N4.CH3ClO2S.2CH4/c1-24(2,3)14-36-18-9-8-17(30-21(18)33(4)23(36)37)16-7-5-6-15(20(16)26)12-34-10-11-35-19(13-34)31-32-22(35)25(27,28)29;1-6-28-19(26)14-9-7-8-13(17(14)22)15-10-11-16-18(23-15)24(5)20(27)25(16)12-21(2,3)4;1-6-13-8-7-9-14(17(13)21)15-10-11-16-18(22-15)23(5)19(25)24(16)12-20(2,3)4;1-19(2,3)11-23-15-9-8-14(21-17(15)22(4)18(23)25)13-7-5-6-12(10-24)16(13)20;7-6(8,9)5-12-11-4-3-10-1-2-13(4)5;1-5(2,3)4;;/h5-9H,10-14H2,1-4H3;7-11H,6,12H2,1-5H3;7-11H,6,12H2,1-5H3;5-9,24H,10-11H2,1-4H3;10H,1-3H2;1H3;2*1H4. The molecule has 0 spiro atoms. The molecule has 14 aromatic rings. The number of carbonyl (C=O) groups is 1. The topological polar surface area (TPSA) is 317 Å². The van der Waals surface area contributed by atoms with Crippen molar-refractivity contribution >= 4 is 70.4 Å². The molecule has 4 aromatic carbocycles. The third-order valence-corrected chi connectivity index (χ3v) is 21.2. The second kappa shape index (κ2) is 41.9. The van der Waals surface area contributed by atoms with Gasteiger partial charge in [0.2, 0.25) is 20.7 Å². The average molecular weight is 1930 g/mol. The Morgan fingerprint density at radius 3 is 1.11 bits per heavy atom. The number of hydrogen-bond acceptors (Lipinski definition) is 19. The molecule has 728 valence electrons. The van der Waals surface area contributed by atoms with Crippen LogP contribution in [-0.4, -0.2) is 136 Å². The van der Waals surface area contributed by atoms with Gasteiger partial charge in [0, 0.05) is 131 Å². The third kappa shape index (κ3) is 24.9. The largest absolute Gasteiger partial charge is 0.462 e. The van der Waals surface area contributed by atoms with Crippen LogP contribution in [0.1, 0.15) is 162 Å². The molecular weight excluding hydrogens is 1810 g/mol. The van der Waals surface area contributed by atoms with Gasteiger partial charge in [0.15, 0.2) is 22.6 Å². The Bertz CT molecular complexity index is 6880. The smallest absolute Gasteiger partial charge is 0.451 e. The third-order valence-electron chi connectivity index (χ3n) is 21.2. The van der Waals surface area contributed by atoms with Crippen molar-refractivity contribution < 1.29 is 67.0 Å². The fourth-order valence-electron chi connectivity index (χ4n) is 15.2. The van der Waals surface area contributed by atoms with Crippen LogP contribution in [0.4, 0.5) is 43.9 Å². The van der Waals surface area contributed by atoms with Crippen LogP contribution < -0.4 is 28.1 Å². The van der Waals surface area contributed by atoms with Crippen LogP contribution in [0.5, 0.6) is 0 Å². The number of pyridine rings is 4. The Morgan fingerprint density at radius 1 is 0.452 bits per heavy atom. The number of nitrogens with zero attached hydrogens (tertiary/aromatic N) is 19. The number of aromatic nitrogens is 18. The van der Waals surface area contributed by atoms with E-state index in [-0.39, 0.29) is 133 Å². The number of benzene rings is 4. The predicted octanol–water partition coefficient (Wildman–Crippen LogP) is 17.1. The average Bonchev–Trinajstić information content (AvgIpc) is 1.59. The molecule has 10 aromatic heterocycles. The Morgan fingerprint density at radius 2 is 0.770 bits per heavy atom. The molecule has 0 unspecified atom stereocenters. The van der Waals surface area contributed by atoms with Crippen molar-refractivity contribution in [2.24, 2.45) is 49.9 Å². The normalized spacial score (nSPS) is 13.1. The minimum absolute atomic E-state index is 0. The van der Waals surface area contributed by atoms with E-state index in [0.29, 0.717) is 137 Å². The summed E-state index contributed by atoms with van der Waals surface area (Å²) in [5, 5.41) is 25.7. The molecule has 29 nitrogen and oxygen atoms in total. The van der Waals surface area contributed by atoms with Crippen molar-refractivity contribution in [3.63, 3.8) is 0 Å². The summed E-state index contributed by atoms with van der Waals surface area (Å²) in [5.41, 5.74) is 8.11. The number of aryl methyl sites for hydroxylation is 5. The van der Waals surface area contributed by atoms with Gasteiger partial charge in [-0.25, -0.2) is 69.9 Å².